The first kappa shape index (κ1) is 9.22. The van der Waals surface area contributed by atoms with Crippen molar-refractivity contribution in [3.05, 3.63) is 17.0 Å². The number of hydrogen-bond donors (Lipinski definition) is 2. The van der Waals surface area contributed by atoms with Gasteiger partial charge in [-0.15, -0.1) is 0 Å². The van der Waals surface area contributed by atoms with Crippen LogP contribution in [0, 0.1) is 13.8 Å². The van der Waals surface area contributed by atoms with Crippen LogP contribution in [0.15, 0.2) is 4.52 Å². The molecule has 0 spiro atoms. The Bertz CT molecular complexity index is 268. The predicted molar refractivity (Wildman–Crippen MR) is 44.6 cm³/mol. The van der Waals surface area contributed by atoms with E-state index in [0.717, 1.165) is 11.3 Å². The van der Waals surface area contributed by atoms with Gasteiger partial charge in [-0.2, -0.15) is 0 Å². The molecule has 0 aliphatic carbocycles. The number of aryl methyl sites for hydroxylation is 1. The van der Waals surface area contributed by atoms with Gasteiger partial charge in [0.1, 0.15) is 6.10 Å². The maximum absolute atomic E-state index is 9.53. The van der Waals surface area contributed by atoms with Crippen LogP contribution in [0.25, 0.3) is 0 Å². The first-order chi connectivity index (χ1) is 5.54. The second-order valence-corrected chi connectivity index (χ2v) is 3.06. The summed E-state index contributed by atoms with van der Waals surface area (Å²) in [6.07, 6.45) is -0.758. The summed E-state index contributed by atoms with van der Waals surface area (Å²) in [6.45, 7) is 5.41. The molecule has 4 nitrogen and oxygen atoms in total. The van der Waals surface area contributed by atoms with Gasteiger partial charge in [-0.3, -0.25) is 0 Å². The molecule has 0 bridgehead atoms. The number of aliphatic hydroxyl groups is 1. The molecule has 0 amide bonds. The molecule has 0 radical (unpaired) electrons. The molecule has 0 aromatic carbocycles. The van der Waals surface area contributed by atoms with Crippen LogP contribution in [-0.2, 0) is 0 Å². The Labute approximate surface area is 71.4 Å². The second-order valence-electron chi connectivity index (χ2n) is 3.06. The number of aromatic nitrogens is 1. The summed E-state index contributed by atoms with van der Waals surface area (Å²) in [6, 6.07) is -0.337. The van der Waals surface area contributed by atoms with Crippen LogP contribution in [0.3, 0.4) is 0 Å². The number of aliphatic hydroxyl groups excluding tert-OH is 1. The van der Waals surface area contributed by atoms with E-state index in [4.69, 9.17) is 10.3 Å². The highest BCUT2D eigenvalue weighted by Gasteiger charge is 2.20. The van der Waals surface area contributed by atoms with Gasteiger partial charge in [0.15, 0.2) is 5.76 Å². The van der Waals surface area contributed by atoms with Gasteiger partial charge >= 0.3 is 0 Å². The Kier molecular flexibility index (Phi) is 2.49. The number of hydrogen-bond acceptors (Lipinski definition) is 4. The molecule has 4 heteroatoms. The summed E-state index contributed by atoms with van der Waals surface area (Å²) in [7, 11) is 0. The Hall–Kier alpha value is -0.870. The van der Waals surface area contributed by atoms with Crippen LogP contribution in [0.2, 0.25) is 0 Å². The van der Waals surface area contributed by atoms with E-state index in [9.17, 15) is 5.11 Å². The molecule has 2 unspecified atom stereocenters. The zero-order chi connectivity index (χ0) is 9.30. The van der Waals surface area contributed by atoms with E-state index in [1.165, 1.54) is 0 Å². The summed E-state index contributed by atoms with van der Waals surface area (Å²) in [4.78, 5) is 0. The van der Waals surface area contributed by atoms with Crippen molar-refractivity contribution in [2.24, 2.45) is 5.73 Å². The topological polar surface area (TPSA) is 72.3 Å². The van der Waals surface area contributed by atoms with E-state index in [1.807, 2.05) is 13.8 Å². The van der Waals surface area contributed by atoms with Crippen LogP contribution in [0.5, 0.6) is 0 Å². The first-order valence-corrected chi connectivity index (χ1v) is 3.90. The van der Waals surface area contributed by atoms with Crippen LogP contribution >= 0.6 is 0 Å². The van der Waals surface area contributed by atoms with Crippen molar-refractivity contribution in [2.45, 2.75) is 32.9 Å². The molecule has 1 heterocycles. The van der Waals surface area contributed by atoms with Gasteiger partial charge in [-0.05, 0) is 20.8 Å². The Balaban J connectivity index is 2.95. The van der Waals surface area contributed by atoms with Crippen molar-refractivity contribution in [1.82, 2.24) is 5.16 Å². The molecule has 12 heavy (non-hydrogen) atoms. The third kappa shape index (κ3) is 1.49. The molecule has 68 valence electrons. The average Bonchev–Trinajstić information content (AvgIpc) is 2.32. The third-order valence-corrected chi connectivity index (χ3v) is 1.96. The molecule has 0 saturated heterocycles. The highest BCUT2D eigenvalue weighted by Crippen LogP contribution is 2.21. The number of nitrogens with two attached hydrogens (primary N) is 1. The zero-order valence-electron chi connectivity index (χ0n) is 7.53. The van der Waals surface area contributed by atoms with Crippen molar-refractivity contribution in [1.29, 1.82) is 0 Å². The van der Waals surface area contributed by atoms with Gasteiger partial charge in [-0.25, -0.2) is 0 Å². The normalized spacial score (nSPS) is 16.1. The van der Waals surface area contributed by atoms with Crippen molar-refractivity contribution < 1.29 is 9.63 Å². The molecule has 0 aliphatic rings. The summed E-state index contributed by atoms with van der Waals surface area (Å²) < 4.78 is 4.94. The van der Waals surface area contributed by atoms with Crippen molar-refractivity contribution in [2.75, 3.05) is 0 Å². The predicted octanol–water partition coefficient (Wildman–Crippen LogP) is 0.672. The SMILES string of the molecule is Cc1noc(C(O)C(C)N)c1C. The van der Waals surface area contributed by atoms with E-state index in [1.54, 1.807) is 6.92 Å². The average molecular weight is 170 g/mol. The lowest BCUT2D eigenvalue weighted by atomic mass is 10.1. The number of nitrogens with zero attached hydrogens (tertiary/aromatic N) is 1. The van der Waals surface area contributed by atoms with Crippen LogP contribution in [-0.4, -0.2) is 16.3 Å². The Morgan fingerprint density at radius 2 is 2.08 bits per heavy atom. The standard InChI is InChI=1S/C8H14N2O2/c1-4-6(3)10-12-8(4)7(11)5(2)9/h5,7,11H,9H2,1-3H3. The quantitative estimate of drug-likeness (QED) is 0.684. The summed E-state index contributed by atoms with van der Waals surface area (Å²) in [5, 5.41) is 13.3. The summed E-state index contributed by atoms with van der Waals surface area (Å²) >= 11 is 0. The minimum absolute atomic E-state index is 0.337. The van der Waals surface area contributed by atoms with E-state index >= 15 is 0 Å². The molecule has 1 aromatic heterocycles. The zero-order valence-corrected chi connectivity index (χ0v) is 7.53. The fourth-order valence-electron chi connectivity index (χ4n) is 0.947. The smallest absolute Gasteiger partial charge is 0.169 e. The van der Waals surface area contributed by atoms with Crippen LogP contribution in [0.1, 0.15) is 30.0 Å². The summed E-state index contributed by atoms with van der Waals surface area (Å²) in [5.74, 6) is 0.475. The number of rotatable bonds is 2. The lowest BCUT2D eigenvalue weighted by molar-refractivity contribution is 0.117. The van der Waals surface area contributed by atoms with Crippen LogP contribution in [0.4, 0.5) is 0 Å². The molecule has 0 saturated carbocycles. The molecule has 3 N–H and O–H groups in total. The lowest BCUT2D eigenvalue weighted by Crippen LogP contribution is -2.24. The highest BCUT2D eigenvalue weighted by atomic mass is 16.5. The maximum Gasteiger partial charge on any atom is 0.169 e. The second kappa shape index (κ2) is 3.25. The van der Waals surface area contributed by atoms with Crippen molar-refractivity contribution >= 4 is 0 Å². The minimum Gasteiger partial charge on any atom is -0.383 e. The third-order valence-electron chi connectivity index (χ3n) is 1.96. The van der Waals surface area contributed by atoms with E-state index in [0.29, 0.717) is 5.76 Å². The van der Waals surface area contributed by atoms with E-state index < -0.39 is 6.10 Å². The molecule has 1 aromatic rings. The van der Waals surface area contributed by atoms with Crippen LogP contribution < -0.4 is 5.73 Å². The van der Waals surface area contributed by atoms with Gasteiger partial charge in [0, 0.05) is 11.6 Å². The van der Waals surface area contributed by atoms with Crippen molar-refractivity contribution in [3.63, 3.8) is 0 Å². The van der Waals surface area contributed by atoms with Gasteiger partial charge in [-0.1, -0.05) is 5.16 Å². The summed E-state index contributed by atoms with van der Waals surface area (Å²) in [5.41, 5.74) is 7.18. The maximum atomic E-state index is 9.53. The van der Waals surface area contributed by atoms with Crippen molar-refractivity contribution in [3.8, 4) is 0 Å². The monoisotopic (exact) mass is 170 g/mol. The highest BCUT2D eigenvalue weighted by molar-refractivity contribution is 5.22. The molecule has 0 aliphatic heterocycles. The fraction of sp³-hybridized carbons (Fsp3) is 0.625. The fourth-order valence-corrected chi connectivity index (χ4v) is 0.947. The molecular formula is C8H14N2O2. The van der Waals surface area contributed by atoms with E-state index in [-0.39, 0.29) is 6.04 Å². The van der Waals surface area contributed by atoms with E-state index in [2.05, 4.69) is 5.16 Å². The Morgan fingerprint density at radius 3 is 2.42 bits per heavy atom. The van der Waals surface area contributed by atoms with Gasteiger partial charge in [0.2, 0.25) is 0 Å². The largest absolute Gasteiger partial charge is 0.383 e. The van der Waals surface area contributed by atoms with Gasteiger partial charge < -0.3 is 15.4 Å². The van der Waals surface area contributed by atoms with Gasteiger partial charge in [0.05, 0.1) is 5.69 Å². The van der Waals surface area contributed by atoms with Gasteiger partial charge in [0.25, 0.3) is 0 Å². The minimum atomic E-state index is -0.758. The Morgan fingerprint density at radius 1 is 1.50 bits per heavy atom. The molecule has 1 rings (SSSR count). The molecule has 2 atom stereocenters. The first-order valence-electron chi connectivity index (χ1n) is 3.90. The molecule has 0 fully saturated rings. The lowest BCUT2D eigenvalue weighted by Gasteiger charge is -2.11. The molecular weight excluding hydrogens is 156 g/mol.